The Labute approximate surface area is 157 Å². The van der Waals surface area contributed by atoms with Gasteiger partial charge in [0.1, 0.15) is 11.8 Å². The third-order valence-electron chi connectivity index (χ3n) is 4.07. The molecule has 3 rings (SSSR count). The predicted molar refractivity (Wildman–Crippen MR) is 95.0 cm³/mol. The average Bonchev–Trinajstić information content (AvgIpc) is 3.31. The molecule has 144 valence electrons. The largest absolute Gasteiger partial charge is 0.484 e. The van der Waals surface area contributed by atoms with Gasteiger partial charge in [0.05, 0.1) is 4.88 Å². The van der Waals surface area contributed by atoms with Gasteiger partial charge in [0.25, 0.3) is 5.91 Å². The van der Waals surface area contributed by atoms with Crippen LogP contribution >= 0.6 is 11.3 Å². The standard InChI is InChI=1S/C18H17F3N2O3S/c19-18(20,21)11-26-13-7-5-12(6-8-13)22-16(24)14-3-1-9-23(14)17(25)15-4-2-10-27-15/h2,4-8,10,14H,1,3,9,11H2,(H,22,24)/t14-/m0/s1. The summed E-state index contributed by atoms with van der Waals surface area (Å²) in [5.74, 6) is -0.430. The lowest BCUT2D eigenvalue weighted by Gasteiger charge is -2.23. The zero-order chi connectivity index (χ0) is 19.4. The second-order valence-corrected chi connectivity index (χ2v) is 7.00. The first-order valence-electron chi connectivity index (χ1n) is 8.28. The van der Waals surface area contributed by atoms with Crippen molar-refractivity contribution < 1.29 is 27.5 Å². The van der Waals surface area contributed by atoms with Crippen molar-refractivity contribution >= 4 is 28.8 Å². The van der Waals surface area contributed by atoms with Crippen molar-refractivity contribution in [1.82, 2.24) is 4.90 Å². The summed E-state index contributed by atoms with van der Waals surface area (Å²) in [5.41, 5.74) is 0.426. The number of alkyl halides is 3. The third kappa shape index (κ3) is 5.00. The highest BCUT2D eigenvalue weighted by Crippen LogP contribution is 2.24. The Morgan fingerprint density at radius 2 is 1.96 bits per heavy atom. The Balaban J connectivity index is 1.60. The number of carbonyl (C=O) groups is 2. The predicted octanol–water partition coefficient (Wildman–Crippen LogP) is 3.93. The van der Waals surface area contributed by atoms with E-state index in [-0.39, 0.29) is 17.6 Å². The van der Waals surface area contributed by atoms with Crippen molar-refractivity contribution in [3.05, 3.63) is 46.7 Å². The zero-order valence-corrected chi connectivity index (χ0v) is 15.0. The van der Waals surface area contributed by atoms with E-state index in [2.05, 4.69) is 10.1 Å². The molecule has 5 nitrogen and oxygen atoms in total. The number of ether oxygens (including phenoxy) is 1. The van der Waals surface area contributed by atoms with Crippen LogP contribution < -0.4 is 10.1 Å². The highest BCUT2D eigenvalue weighted by molar-refractivity contribution is 7.12. The minimum Gasteiger partial charge on any atom is -0.484 e. The van der Waals surface area contributed by atoms with Crippen LogP contribution in [0.2, 0.25) is 0 Å². The van der Waals surface area contributed by atoms with Gasteiger partial charge in [-0.05, 0) is 48.6 Å². The molecule has 1 fully saturated rings. The molecule has 0 radical (unpaired) electrons. The molecule has 1 aromatic heterocycles. The molecule has 0 unspecified atom stereocenters. The van der Waals surface area contributed by atoms with Gasteiger partial charge in [0.2, 0.25) is 5.91 Å². The summed E-state index contributed by atoms with van der Waals surface area (Å²) in [5, 5.41) is 4.51. The molecule has 0 aliphatic carbocycles. The van der Waals surface area contributed by atoms with Gasteiger partial charge >= 0.3 is 6.18 Å². The van der Waals surface area contributed by atoms with Crippen molar-refractivity contribution in [3.8, 4) is 5.75 Å². The number of anilines is 1. The number of hydrogen-bond acceptors (Lipinski definition) is 4. The topological polar surface area (TPSA) is 58.6 Å². The van der Waals surface area contributed by atoms with E-state index in [0.29, 0.717) is 23.5 Å². The van der Waals surface area contributed by atoms with Gasteiger partial charge < -0.3 is 15.0 Å². The number of hydrogen-bond donors (Lipinski definition) is 1. The fourth-order valence-corrected chi connectivity index (χ4v) is 3.53. The number of likely N-dealkylation sites (tertiary alicyclic amines) is 1. The van der Waals surface area contributed by atoms with Crippen LogP contribution in [0.25, 0.3) is 0 Å². The molecule has 1 atom stereocenters. The Kier molecular flexibility index (Phi) is 5.69. The average molecular weight is 398 g/mol. The molecule has 2 amide bonds. The molecule has 9 heteroatoms. The molecule has 2 heterocycles. The second-order valence-electron chi connectivity index (χ2n) is 6.05. The molecule has 2 aromatic rings. The summed E-state index contributed by atoms with van der Waals surface area (Å²) in [6.45, 7) is -0.861. The Morgan fingerprint density at radius 1 is 1.22 bits per heavy atom. The van der Waals surface area contributed by atoms with E-state index < -0.39 is 18.8 Å². The van der Waals surface area contributed by atoms with Crippen LogP contribution in [0.15, 0.2) is 41.8 Å². The number of rotatable bonds is 5. The van der Waals surface area contributed by atoms with Crippen LogP contribution in [-0.4, -0.2) is 42.1 Å². The highest BCUT2D eigenvalue weighted by atomic mass is 32.1. The van der Waals surface area contributed by atoms with E-state index in [4.69, 9.17) is 0 Å². The first kappa shape index (κ1) is 19.2. The SMILES string of the molecule is O=C(Nc1ccc(OCC(F)(F)F)cc1)[C@@H]1CCCN1C(=O)c1cccs1. The molecule has 0 spiro atoms. The summed E-state index contributed by atoms with van der Waals surface area (Å²) in [6, 6.07) is 8.56. The summed E-state index contributed by atoms with van der Waals surface area (Å²) in [6.07, 6.45) is -3.11. The van der Waals surface area contributed by atoms with Gasteiger partial charge in [-0.2, -0.15) is 13.2 Å². The van der Waals surface area contributed by atoms with E-state index in [9.17, 15) is 22.8 Å². The molecule has 1 aliphatic rings. The smallest absolute Gasteiger partial charge is 0.422 e. The minimum absolute atomic E-state index is 0.0562. The fourth-order valence-electron chi connectivity index (χ4n) is 2.85. The highest BCUT2D eigenvalue weighted by Gasteiger charge is 2.35. The van der Waals surface area contributed by atoms with Gasteiger partial charge in [-0.15, -0.1) is 11.3 Å². The lowest BCUT2D eigenvalue weighted by molar-refractivity contribution is -0.153. The molecule has 1 saturated heterocycles. The monoisotopic (exact) mass is 398 g/mol. The summed E-state index contributed by atoms with van der Waals surface area (Å²) in [7, 11) is 0. The van der Waals surface area contributed by atoms with E-state index in [1.807, 2.05) is 0 Å². The van der Waals surface area contributed by atoms with Crippen molar-refractivity contribution in [2.75, 3.05) is 18.5 Å². The van der Waals surface area contributed by atoms with Crippen LogP contribution in [0.5, 0.6) is 5.75 Å². The van der Waals surface area contributed by atoms with Crippen molar-refractivity contribution in [1.29, 1.82) is 0 Å². The molecule has 1 aliphatic heterocycles. The summed E-state index contributed by atoms with van der Waals surface area (Å²) in [4.78, 5) is 27.2. The van der Waals surface area contributed by atoms with Gasteiger partial charge in [-0.1, -0.05) is 6.07 Å². The fraction of sp³-hybridized carbons (Fsp3) is 0.333. The number of thiophene rings is 1. The Morgan fingerprint density at radius 3 is 2.59 bits per heavy atom. The number of nitrogens with zero attached hydrogens (tertiary/aromatic N) is 1. The maximum Gasteiger partial charge on any atom is 0.422 e. The number of halogens is 3. The molecular weight excluding hydrogens is 381 g/mol. The number of benzene rings is 1. The zero-order valence-electron chi connectivity index (χ0n) is 14.2. The number of nitrogens with one attached hydrogen (secondary N) is 1. The number of amides is 2. The summed E-state index contributed by atoms with van der Waals surface area (Å²) >= 11 is 1.33. The van der Waals surface area contributed by atoms with Crippen LogP contribution in [-0.2, 0) is 4.79 Å². The van der Waals surface area contributed by atoms with E-state index >= 15 is 0 Å². The maximum absolute atomic E-state index is 12.6. The molecule has 0 bridgehead atoms. The van der Waals surface area contributed by atoms with Gasteiger partial charge in [0.15, 0.2) is 6.61 Å². The first-order valence-corrected chi connectivity index (χ1v) is 9.16. The Hall–Kier alpha value is -2.55. The Bertz CT molecular complexity index is 791. The van der Waals surface area contributed by atoms with Gasteiger partial charge in [-0.3, -0.25) is 9.59 Å². The summed E-state index contributed by atoms with van der Waals surface area (Å²) < 4.78 is 41.1. The van der Waals surface area contributed by atoms with Crippen molar-refractivity contribution in [3.63, 3.8) is 0 Å². The first-order chi connectivity index (χ1) is 12.8. The second kappa shape index (κ2) is 7.99. The normalized spacial score (nSPS) is 17.0. The molecule has 1 aromatic carbocycles. The number of carbonyl (C=O) groups excluding carboxylic acids is 2. The molecule has 1 N–H and O–H groups in total. The van der Waals surface area contributed by atoms with Crippen LogP contribution in [0, 0.1) is 0 Å². The molecule has 0 saturated carbocycles. The van der Waals surface area contributed by atoms with E-state index in [0.717, 1.165) is 6.42 Å². The lowest BCUT2D eigenvalue weighted by Crippen LogP contribution is -2.42. The van der Waals surface area contributed by atoms with Gasteiger partial charge in [0, 0.05) is 12.2 Å². The molecule has 27 heavy (non-hydrogen) atoms. The van der Waals surface area contributed by atoms with E-state index in [1.54, 1.807) is 22.4 Å². The lowest BCUT2D eigenvalue weighted by atomic mass is 10.2. The van der Waals surface area contributed by atoms with Gasteiger partial charge in [-0.25, -0.2) is 0 Å². The maximum atomic E-state index is 12.6. The van der Waals surface area contributed by atoms with Crippen LogP contribution in [0.4, 0.5) is 18.9 Å². The van der Waals surface area contributed by atoms with E-state index in [1.165, 1.54) is 35.6 Å². The van der Waals surface area contributed by atoms with Crippen LogP contribution in [0.1, 0.15) is 22.5 Å². The quantitative estimate of drug-likeness (QED) is 0.830. The van der Waals surface area contributed by atoms with Crippen LogP contribution in [0.3, 0.4) is 0 Å². The third-order valence-corrected chi connectivity index (χ3v) is 4.93. The minimum atomic E-state index is -4.41. The molecular formula is C18H17F3N2O3S. The van der Waals surface area contributed by atoms with Crippen molar-refractivity contribution in [2.45, 2.75) is 25.1 Å². The van der Waals surface area contributed by atoms with Crippen molar-refractivity contribution in [2.24, 2.45) is 0 Å².